The van der Waals surface area contributed by atoms with E-state index < -0.39 is 0 Å². The van der Waals surface area contributed by atoms with Crippen molar-refractivity contribution in [2.24, 2.45) is 0 Å². The molecule has 0 saturated carbocycles. The van der Waals surface area contributed by atoms with Crippen LogP contribution in [0.2, 0.25) is 0 Å². The van der Waals surface area contributed by atoms with Gasteiger partial charge in [-0.15, -0.1) is 0 Å². The number of hydrogen-bond donors (Lipinski definition) is 2. The first kappa shape index (κ1) is 22.6. The van der Waals surface area contributed by atoms with Gasteiger partial charge in [0.1, 0.15) is 18.1 Å². The molecule has 29 heavy (non-hydrogen) atoms. The lowest BCUT2D eigenvalue weighted by atomic mass is 10.2. The van der Waals surface area contributed by atoms with Gasteiger partial charge in [-0.05, 0) is 42.8 Å². The molecule has 2 aromatic carbocycles. The van der Waals surface area contributed by atoms with Crippen molar-refractivity contribution in [3.05, 3.63) is 48.5 Å². The van der Waals surface area contributed by atoms with Gasteiger partial charge in [-0.1, -0.05) is 32.3 Å². The zero-order valence-electron chi connectivity index (χ0n) is 17.4. The Hall–Kier alpha value is -2.73. The minimum absolute atomic E-state index is 0.121. The molecule has 0 heterocycles. The van der Waals surface area contributed by atoms with Crippen molar-refractivity contribution in [3.8, 4) is 11.5 Å². The molecule has 0 bridgehead atoms. The van der Waals surface area contributed by atoms with E-state index in [-0.39, 0.29) is 12.5 Å². The number of rotatable bonds is 14. The second-order valence-electron chi connectivity index (χ2n) is 6.70. The third-order valence-corrected chi connectivity index (χ3v) is 4.25. The third-order valence-electron chi connectivity index (χ3n) is 4.25. The maximum atomic E-state index is 12.2. The topological polar surface area (TPSA) is 68.8 Å². The van der Waals surface area contributed by atoms with Gasteiger partial charge in [0.25, 0.3) is 0 Å². The van der Waals surface area contributed by atoms with Gasteiger partial charge >= 0.3 is 0 Å². The predicted octanol–water partition coefficient (Wildman–Crippen LogP) is 4.72. The Labute approximate surface area is 173 Å². The van der Waals surface area contributed by atoms with Gasteiger partial charge in [-0.2, -0.15) is 0 Å². The SMILES string of the molecule is CCCCCCOc1cccc(NCC(=O)Nc2ccc(OCCOC)cc2)c1. The summed E-state index contributed by atoms with van der Waals surface area (Å²) in [5, 5.41) is 5.99. The number of nitrogens with one attached hydrogen (secondary N) is 2. The van der Waals surface area contributed by atoms with Crippen LogP contribution in [0.1, 0.15) is 32.6 Å². The summed E-state index contributed by atoms with van der Waals surface area (Å²) in [6, 6.07) is 15.0. The molecular formula is C23H32N2O4. The van der Waals surface area contributed by atoms with Crippen LogP contribution in [0.3, 0.4) is 0 Å². The molecule has 158 valence electrons. The summed E-state index contributed by atoms with van der Waals surface area (Å²) in [7, 11) is 1.63. The van der Waals surface area contributed by atoms with Crippen molar-refractivity contribution in [1.82, 2.24) is 0 Å². The van der Waals surface area contributed by atoms with E-state index in [1.54, 1.807) is 7.11 Å². The highest BCUT2D eigenvalue weighted by molar-refractivity contribution is 5.93. The van der Waals surface area contributed by atoms with Crippen LogP contribution in [-0.4, -0.2) is 39.4 Å². The first-order valence-electron chi connectivity index (χ1n) is 10.2. The number of benzene rings is 2. The van der Waals surface area contributed by atoms with Gasteiger partial charge in [0, 0.05) is 24.6 Å². The zero-order chi connectivity index (χ0) is 20.7. The van der Waals surface area contributed by atoms with Gasteiger partial charge in [0.2, 0.25) is 5.91 Å². The highest BCUT2D eigenvalue weighted by Crippen LogP contribution is 2.18. The summed E-state index contributed by atoms with van der Waals surface area (Å²) in [4.78, 5) is 12.2. The Morgan fingerprint density at radius 2 is 1.66 bits per heavy atom. The molecule has 2 aromatic rings. The van der Waals surface area contributed by atoms with Crippen LogP contribution in [0.25, 0.3) is 0 Å². The Bertz CT molecular complexity index is 719. The van der Waals surface area contributed by atoms with Gasteiger partial charge in [-0.3, -0.25) is 4.79 Å². The van der Waals surface area contributed by atoms with Crippen LogP contribution in [0, 0.1) is 0 Å². The van der Waals surface area contributed by atoms with E-state index >= 15 is 0 Å². The molecule has 2 rings (SSSR count). The number of carbonyl (C=O) groups is 1. The minimum atomic E-state index is -0.121. The number of methoxy groups -OCH3 is 1. The highest BCUT2D eigenvalue weighted by atomic mass is 16.5. The van der Waals surface area contributed by atoms with E-state index in [4.69, 9.17) is 14.2 Å². The zero-order valence-corrected chi connectivity index (χ0v) is 17.4. The van der Waals surface area contributed by atoms with Crippen LogP contribution in [0.15, 0.2) is 48.5 Å². The Morgan fingerprint density at radius 1 is 0.862 bits per heavy atom. The summed E-state index contributed by atoms with van der Waals surface area (Å²) < 4.78 is 16.2. The summed E-state index contributed by atoms with van der Waals surface area (Å²) >= 11 is 0. The number of hydrogen-bond acceptors (Lipinski definition) is 5. The predicted molar refractivity (Wildman–Crippen MR) is 117 cm³/mol. The molecule has 2 N–H and O–H groups in total. The molecule has 0 aliphatic rings. The third kappa shape index (κ3) is 9.34. The highest BCUT2D eigenvalue weighted by Gasteiger charge is 2.04. The lowest BCUT2D eigenvalue weighted by molar-refractivity contribution is -0.114. The smallest absolute Gasteiger partial charge is 0.243 e. The van der Waals surface area contributed by atoms with Crippen molar-refractivity contribution in [2.75, 3.05) is 44.1 Å². The molecule has 0 aliphatic heterocycles. The van der Waals surface area contributed by atoms with Crippen LogP contribution in [-0.2, 0) is 9.53 Å². The van der Waals surface area contributed by atoms with Crippen molar-refractivity contribution in [2.45, 2.75) is 32.6 Å². The second kappa shape index (κ2) is 13.4. The van der Waals surface area contributed by atoms with Crippen molar-refractivity contribution < 1.29 is 19.0 Å². The largest absolute Gasteiger partial charge is 0.494 e. The first-order valence-corrected chi connectivity index (χ1v) is 10.2. The molecule has 6 nitrogen and oxygen atoms in total. The molecule has 0 saturated heterocycles. The number of unbranched alkanes of at least 4 members (excludes halogenated alkanes) is 3. The van der Waals surface area contributed by atoms with E-state index in [9.17, 15) is 4.79 Å². The lowest BCUT2D eigenvalue weighted by Crippen LogP contribution is -2.21. The molecule has 0 spiro atoms. The quantitative estimate of drug-likeness (QED) is 0.449. The number of amides is 1. The van der Waals surface area contributed by atoms with Crippen molar-refractivity contribution in [1.29, 1.82) is 0 Å². The van der Waals surface area contributed by atoms with Crippen molar-refractivity contribution in [3.63, 3.8) is 0 Å². The van der Waals surface area contributed by atoms with E-state index in [1.807, 2.05) is 48.5 Å². The summed E-state index contributed by atoms with van der Waals surface area (Å²) in [5.41, 5.74) is 1.58. The maximum absolute atomic E-state index is 12.2. The molecule has 0 aliphatic carbocycles. The van der Waals surface area contributed by atoms with Gasteiger partial charge in [0.05, 0.1) is 19.8 Å². The van der Waals surface area contributed by atoms with Crippen LogP contribution < -0.4 is 20.1 Å². The minimum Gasteiger partial charge on any atom is -0.494 e. The monoisotopic (exact) mass is 400 g/mol. The normalized spacial score (nSPS) is 10.4. The van der Waals surface area contributed by atoms with Gasteiger partial charge < -0.3 is 24.8 Å². The standard InChI is InChI=1S/C23H32N2O4/c1-3-4-5-6-14-28-22-9-7-8-20(17-22)24-18-23(26)25-19-10-12-21(13-11-19)29-16-15-27-2/h7-13,17,24H,3-6,14-16,18H2,1-2H3,(H,25,26). The maximum Gasteiger partial charge on any atom is 0.243 e. The van der Waals surface area contributed by atoms with E-state index in [0.29, 0.717) is 13.2 Å². The number of carbonyl (C=O) groups excluding carboxylic acids is 1. The molecule has 0 unspecified atom stereocenters. The van der Waals surface area contributed by atoms with Gasteiger partial charge in [-0.25, -0.2) is 0 Å². The van der Waals surface area contributed by atoms with E-state index in [0.717, 1.165) is 35.9 Å². The first-order chi connectivity index (χ1) is 14.2. The summed E-state index contributed by atoms with van der Waals surface area (Å²) in [6.45, 7) is 4.12. The number of ether oxygens (including phenoxy) is 3. The molecular weight excluding hydrogens is 368 g/mol. The van der Waals surface area contributed by atoms with Crippen LogP contribution in [0.5, 0.6) is 11.5 Å². The fourth-order valence-corrected chi connectivity index (χ4v) is 2.68. The average Bonchev–Trinajstić information content (AvgIpc) is 2.74. The van der Waals surface area contributed by atoms with E-state index in [2.05, 4.69) is 17.6 Å². The average molecular weight is 401 g/mol. The Morgan fingerprint density at radius 3 is 2.41 bits per heavy atom. The fourth-order valence-electron chi connectivity index (χ4n) is 2.68. The van der Waals surface area contributed by atoms with Crippen molar-refractivity contribution >= 4 is 17.3 Å². The molecule has 1 amide bonds. The van der Waals surface area contributed by atoms with Crippen LogP contribution in [0.4, 0.5) is 11.4 Å². The molecule has 0 radical (unpaired) electrons. The van der Waals surface area contributed by atoms with E-state index in [1.165, 1.54) is 19.3 Å². The molecule has 0 aromatic heterocycles. The fraction of sp³-hybridized carbons (Fsp3) is 0.435. The molecule has 0 fully saturated rings. The Kier molecular flexibility index (Phi) is 10.5. The summed E-state index contributed by atoms with van der Waals surface area (Å²) in [5.74, 6) is 1.43. The second-order valence-corrected chi connectivity index (χ2v) is 6.70. The number of anilines is 2. The van der Waals surface area contributed by atoms with Gasteiger partial charge in [0.15, 0.2) is 0 Å². The molecule has 6 heteroatoms. The van der Waals surface area contributed by atoms with Crippen LogP contribution >= 0.6 is 0 Å². The molecule has 0 atom stereocenters. The lowest BCUT2D eigenvalue weighted by Gasteiger charge is -2.11. The summed E-state index contributed by atoms with van der Waals surface area (Å²) in [6.07, 6.45) is 4.70. The Balaban J connectivity index is 1.72.